The molecule has 1 aromatic carbocycles. The third-order valence-corrected chi connectivity index (χ3v) is 4.70. The van der Waals surface area contributed by atoms with E-state index in [2.05, 4.69) is 16.5 Å². The minimum atomic E-state index is -4.65. The fourth-order valence-corrected chi connectivity index (χ4v) is 3.29. The number of fused-ring (bicyclic) bond motifs is 1. The average molecular weight is 464 g/mol. The van der Waals surface area contributed by atoms with Crippen LogP contribution in [-0.2, 0) is 10.9 Å². The van der Waals surface area contributed by atoms with Crippen LogP contribution in [-0.4, -0.2) is 39.9 Å². The molecule has 176 valence electrons. The minimum Gasteiger partial charge on any atom is -0.494 e. The quantitative estimate of drug-likeness (QED) is 0.490. The number of oxazole rings is 1. The molecule has 0 radical (unpaired) electrons. The molecule has 2 heterocycles. The zero-order valence-electron chi connectivity index (χ0n) is 18.7. The van der Waals surface area contributed by atoms with E-state index in [1.807, 2.05) is 20.8 Å². The Morgan fingerprint density at radius 1 is 1.15 bits per heavy atom. The van der Waals surface area contributed by atoms with Gasteiger partial charge in [-0.15, -0.1) is 0 Å². The van der Waals surface area contributed by atoms with Gasteiger partial charge in [0.1, 0.15) is 17.0 Å². The van der Waals surface area contributed by atoms with Gasteiger partial charge in [0.2, 0.25) is 5.89 Å². The number of nitrogens with zero attached hydrogens (tertiary/aromatic N) is 2. The van der Waals surface area contributed by atoms with E-state index >= 15 is 0 Å². The smallest absolute Gasteiger partial charge is 0.433 e. The molecule has 1 atom stereocenters. The molecule has 3 aromatic rings. The summed E-state index contributed by atoms with van der Waals surface area (Å²) in [6.45, 7) is 11.1. The normalized spacial score (nSPS) is 13.2. The first-order valence-corrected chi connectivity index (χ1v) is 9.89. The molecule has 0 aliphatic heterocycles. The highest BCUT2D eigenvalue weighted by Gasteiger charge is 2.33. The van der Waals surface area contributed by atoms with E-state index in [4.69, 9.17) is 13.9 Å². The molecule has 0 aliphatic rings. The highest BCUT2D eigenvalue weighted by atomic mass is 19.4. The Kier molecular flexibility index (Phi) is 6.25. The Labute approximate surface area is 187 Å². The van der Waals surface area contributed by atoms with Gasteiger partial charge in [-0.3, -0.25) is 0 Å². The van der Waals surface area contributed by atoms with Crippen molar-refractivity contribution in [3.63, 3.8) is 0 Å². The summed E-state index contributed by atoms with van der Waals surface area (Å²) in [5.41, 5.74) is -1.56. The van der Waals surface area contributed by atoms with Gasteiger partial charge in [0.15, 0.2) is 11.5 Å². The molecule has 3 rings (SSSR count). The first-order chi connectivity index (χ1) is 15.2. The summed E-state index contributed by atoms with van der Waals surface area (Å²) >= 11 is 0. The standard InChI is InChI=1S/C23H23F3N2O5/c1-11(12(2)33-22(3,4)5)19-18(21(29)30)28-20(32-19)14-7-9-15(31-6)17-13(14)8-10-16(27-17)23(24,25)26/h7-10,12H,1H2,2-6H3,(H,29,30)/t12-/m1/s1. The van der Waals surface area contributed by atoms with Crippen molar-refractivity contribution in [3.05, 3.63) is 48.0 Å². The summed E-state index contributed by atoms with van der Waals surface area (Å²) in [5.74, 6) is -1.43. The van der Waals surface area contributed by atoms with Crippen molar-refractivity contribution >= 4 is 22.4 Å². The monoisotopic (exact) mass is 464 g/mol. The van der Waals surface area contributed by atoms with Crippen LogP contribution in [0.1, 0.15) is 49.6 Å². The number of halogens is 3. The lowest BCUT2D eigenvalue weighted by Crippen LogP contribution is -2.26. The number of alkyl halides is 3. The molecule has 0 aliphatic carbocycles. The predicted octanol–water partition coefficient (Wildman–Crippen LogP) is 5.83. The van der Waals surface area contributed by atoms with Gasteiger partial charge in [0.25, 0.3) is 0 Å². The van der Waals surface area contributed by atoms with Crippen molar-refractivity contribution < 1.29 is 37.0 Å². The van der Waals surface area contributed by atoms with E-state index < -0.39 is 29.5 Å². The number of hydrogen-bond acceptors (Lipinski definition) is 6. The van der Waals surface area contributed by atoms with Crippen LogP contribution in [0.2, 0.25) is 0 Å². The largest absolute Gasteiger partial charge is 0.494 e. The summed E-state index contributed by atoms with van der Waals surface area (Å²) in [5, 5.41) is 9.90. The van der Waals surface area contributed by atoms with Crippen LogP contribution in [0.3, 0.4) is 0 Å². The van der Waals surface area contributed by atoms with E-state index in [0.29, 0.717) is 0 Å². The van der Waals surface area contributed by atoms with E-state index in [1.165, 1.54) is 25.3 Å². The van der Waals surface area contributed by atoms with Gasteiger partial charge in [0.05, 0.1) is 18.8 Å². The zero-order valence-corrected chi connectivity index (χ0v) is 18.7. The van der Waals surface area contributed by atoms with Gasteiger partial charge in [-0.25, -0.2) is 14.8 Å². The first-order valence-electron chi connectivity index (χ1n) is 9.89. The van der Waals surface area contributed by atoms with Crippen LogP contribution in [0.4, 0.5) is 13.2 Å². The minimum absolute atomic E-state index is 0.0651. The number of carbonyl (C=O) groups is 1. The number of carboxylic acid groups (broad SMARTS) is 1. The van der Waals surface area contributed by atoms with Gasteiger partial charge in [-0.1, -0.05) is 6.58 Å². The van der Waals surface area contributed by atoms with Crippen molar-refractivity contribution in [2.45, 2.75) is 45.6 Å². The Hall–Kier alpha value is -3.40. The predicted molar refractivity (Wildman–Crippen MR) is 115 cm³/mol. The van der Waals surface area contributed by atoms with Gasteiger partial charge in [0, 0.05) is 16.5 Å². The molecule has 1 N–H and O–H groups in total. The molecule has 7 nitrogen and oxygen atoms in total. The number of ether oxygens (including phenoxy) is 2. The summed E-state index contributed by atoms with van der Waals surface area (Å²) in [6.07, 6.45) is -5.24. The molecule has 33 heavy (non-hydrogen) atoms. The Balaban J connectivity index is 2.17. The zero-order chi connectivity index (χ0) is 24.7. The molecule has 0 unspecified atom stereocenters. The number of carboxylic acids is 1. The first kappa shape index (κ1) is 24.2. The third kappa shape index (κ3) is 5.00. The number of pyridine rings is 1. The molecule has 0 saturated carbocycles. The lowest BCUT2D eigenvalue weighted by Gasteiger charge is -2.25. The molecule has 10 heteroatoms. The maximum absolute atomic E-state index is 13.2. The topological polar surface area (TPSA) is 94.7 Å². The second kappa shape index (κ2) is 8.51. The van der Waals surface area contributed by atoms with Crippen molar-refractivity contribution in [3.8, 4) is 17.2 Å². The van der Waals surface area contributed by atoms with Gasteiger partial charge >= 0.3 is 12.1 Å². The van der Waals surface area contributed by atoms with E-state index in [-0.39, 0.29) is 45.1 Å². The van der Waals surface area contributed by atoms with Gasteiger partial charge < -0.3 is 19.0 Å². The van der Waals surface area contributed by atoms with E-state index in [9.17, 15) is 23.1 Å². The number of benzene rings is 1. The Morgan fingerprint density at radius 3 is 2.36 bits per heavy atom. The second-order valence-electron chi connectivity index (χ2n) is 8.31. The summed E-state index contributed by atoms with van der Waals surface area (Å²) in [6, 6.07) is 4.96. The second-order valence-corrected chi connectivity index (χ2v) is 8.31. The van der Waals surface area contributed by atoms with Crippen molar-refractivity contribution in [2.75, 3.05) is 7.11 Å². The number of aromatic carboxylic acids is 1. The van der Waals surface area contributed by atoms with Crippen molar-refractivity contribution in [1.29, 1.82) is 0 Å². The highest BCUT2D eigenvalue weighted by molar-refractivity contribution is 5.98. The molecule has 2 aromatic heterocycles. The summed E-state index contributed by atoms with van der Waals surface area (Å²) < 4.78 is 56.3. The van der Waals surface area contributed by atoms with Crippen LogP contribution < -0.4 is 4.74 Å². The number of aromatic nitrogens is 2. The van der Waals surface area contributed by atoms with E-state index in [1.54, 1.807) is 6.92 Å². The van der Waals surface area contributed by atoms with Crippen LogP contribution in [0, 0.1) is 0 Å². The maximum atomic E-state index is 13.2. The number of hydrogen-bond donors (Lipinski definition) is 1. The van der Waals surface area contributed by atoms with Crippen LogP contribution in [0.5, 0.6) is 5.75 Å². The summed E-state index contributed by atoms with van der Waals surface area (Å²) in [4.78, 5) is 19.6. The highest BCUT2D eigenvalue weighted by Crippen LogP contribution is 2.38. The van der Waals surface area contributed by atoms with Gasteiger partial charge in [-0.2, -0.15) is 13.2 Å². The number of rotatable bonds is 6. The molecule has 0 saturated heterocycles. The van der Waals surface area contributed by atoms with E-state index in [0.717, 1.165) is 6.07 Å². The van der Waals surface area contributed by atoms with Crippen molar-refractivity contribution in [1.82, 2.24) is 9.97 Å². The molecule has 0 amide bonds. The van der Waals surface area contributed by atoms with Crippen LogP contribution >= 0.6 is 0 Å². The average Bonchev–Trinajstić information content (AvgIpc) is 3.15. The fraction of sp³-hybridized carbons (Fsp3) is 0.348. The Bertz CT molecular complexity index is 1230. The number of methoxy groups -OCH3 is 1. The molecular formula is C23H23F3N2O5. The lowest BCUT2D eigenvalue weighted by molar-refractivity contribution is -0.140. The van der Waals surface area contributed by atoms with Gasteiger partial charge in [-0.05, 0) is 52.0 Å². The SMILES string of the molecule is C=C(c1oc(-c2ccc(OC)c3nc(C(F)(F)F)ccc23)nc1C(=O)O)[C@@H](C)OC(C)(C)C. The lowest BCUT2D eigenvalue weighted by atomic mass is 10.1. The Morgan fingerprint density at radius 2 is 1.82 bits per heavy atom. The maximum Gasteiger partial charge on any atom is 0.433 e. The molecular weight excluding hydrogens is 441 g/mol. The third-order valence-electron chi connectivity index (χ3n) is 4.70. The summed E-state index contributed by atoms with van der Waals surface area (Å²) in [7, 11) is 1.31. The molecule has 0 bridgehead atoms. The van der Waals surface area contributed by atoms with Crippen molar-refractivity contribution in [2.24, 2.45) is 0 Å². The molecule has 0 fully saturated rings. The van der Waals surface area contributed by atoms with Crippen LogP contribution in [0.25, 0.3) is 27.9 Å². The fourth-order valence-electron chi connectivity index (χ4n) is 3.29. The van der Waals surface area contributed by atoms with Crippen LogP contribution in [0.15, 0.2) is 35.3 Å². The molecule has 0 spiro atoms.